The lowest BCUT2D eigenvalue weighted by Gasteiger charge is -2.14. The summed E-state index contributed by atoms with van der Waals surface area (Å²) in [6.07, 6.45) is 0.548. The first-order valence-electron chi connectivity index (χ1n) is 5.23. The first-order valence-corrected chi connectivity index (χ1v) is 5.23. The summed E-state index contributed by atoms with van der Waals surface area (Å²) in [6, 6.07) is 6.72. The van der Waals surface area contributed by atoms with Gasteiger partial charge in [-0.25, -0.2) is 0 Å². The third kappa shape index (κ3) is 3.48. The predicted molar refractivity (Wildman–Crippen MR) is 65.1 cm³/mol. The van der Waals surface area contributed by atoms with Crippen molar-refractivity contribution < 1.29 is 15.5 Å². The Morgan fingerprint density at radius 1 is 1.06 bits per heavy atom. The van der Waals surface area contributed by atoms with E-state index in [4.69, 9.17) is 10.4 Å². The largest absolute Gasteiger partial charge is 0.508 e. The van der Waals surface area contributed by atoms with Gasteiger partial charge in [0.2, 0.25) is 0 Å². The van der Waals surface area contributed by atoms with Crippen molar-refractivity contribution >= 4 is 11.4 Å². The minimum Gasteiger partial charge on any atom is -0.508 e. The molecule has 0 saturated carbocycles. The molecule has 0 fully saturated rings. The average molecular weight is 236 g/mol. The van der Waals surface area contributed by atoms with Gasteiger partial charge >= 0.3 is 0 Å². The molecule has 0 aliphatic heterocycles. The third-order valence-corrected chi connectivity index (χ3v) is 2.70. The Labute approximate surface area is 99.7 Å². The maximum absolute atomic E-state index is 9.17. The van der Waals surface area contributed by atoms with E-state index >= 15 is 0 Å². The Kier molecular flexibility index (Phi) is 4.51. The summed E-state index contributed by atoms with van der Waals surface area (Å²) in [7, 11) is 0. The van der Waals surface area contributed by atoms with Crippen LogP contribution >= 0.6 is 0 Å². The number of phenols is 1. The van der Waals surface area contributed by atoms with E-state index in [0.717, 1.165) is 5.56 Å². The SMILES string of the molecule is C/C(=N/O)C(Cc1ccc(O)cc1)/C(C)=N\O. The Morgan fingerprint density at radius 3 is 1.94 bits per heavy atom. The van der Waals surface area contributed by atoms with Gasteiger partial charge in [-0.05, 0) is 38.0 Å². The van der Waals surface area contributed by atoms with Crippen molar-refractivity contribution in [2.45, 2.75) is 20.3 Å². The van der Waals surface area contributed by atoms with E-state index in [1.54, 1.807) is 38.1 Å². The fourth-order valence-electron chi connectivity index (χ4n) is 1.60. The van der Waals surface area contributed by atoms with Crippen molar-refractivity contribution in [2.24, 2.45) is 16.2 Å². The van der Waals surface area contributed by atoms with Gasteiger partial charge in [0.25, 0.3) is 0 Å². The molecule has 0 radical (unpaired) electrons. The highest BCUT2D eigenvalue weighted by molar-refractivity contribution is 6.05. The molecule has 0 bridgehead atoms. The minimum absolute atomic E-state index is 0.199. The summed E-state index contributed by atoms with van der Waals surface area (Å²) in [4.78, 5) is 0. The van der Waals surface area contributed by atoms with Gasteiger partial charge in [-0.15, -0.1) is 0 Å². The highest BCUT2D eigenvalue weighted by Crippen LogP contribution is 2.16. The number of phenolic OH excluding ortho intramolecular Hbond substituents is 1. The molecule has 0 aliphatic carbocycles. The maximum atomic E-state index is 9.17. The molecule has 0 spiro atoms. The molecule has 17 heavy (non-hydrogen) atoms. The summed E-state index contributed by atoms with van der Waals surface area (Å²) in [6.45, 7) is 3.33. The van der Waals surface area contributed by atoms with Gasteiger partial charge in [-0.1, -0.05) is 22.4 Å². The van der Waals surface area contributed by atoms with Gasteiger partial charge in [-0.3, -0.25) is 0 Å². The van der Waals surface area contributed by atoms with Gasteiger partial charge in [0.05, 0.1) is 11.4 Å². The number of benzene rings is 1. The molecule has 0 saturated heterocycles. The average Bonchev–Trinajstić information content (AvgIpc) is 2.36. The van der Waals surface area contributed by atoms with Crippen LogP contribution in [0.25, 0.3) is 0 Å². The van der Waals surface area contributed by atoms with Crippen molar-refractivity contribution in [1.29, 1.82) is 0 Å². The van der Waals surface area contributed by atoms with Crippen LogP contribution < -0.4 is 0 Å². The van der Waals surface area contributed by atoms with Gasteiger partial charge < -0.3 is 15.5 Å². The summed E-state index contributed by atoms with van der Waals surface area (Å²) >= 11 is 0. The van der Waals surface area contributed by atoms with Crippen LogP contribution in [0.3, 0.4) is 0 Å². The molecular formula is C12H16N2O3. The zero-order valence-corrected chi connectivity index (χ0v) is 9.83. The summed E-state index contributed by atoms with van der Waals surface area (Å²) in [5, 5.41) is 33.0. The van der Waals surface area contributed by atoms with Gasteiger partial charge in [0, 0.05) is 5.92 Å². The first kappa shape index (κ1) is 13.0. The third-order valence-electron chi connectivity index (χ3n) is 2.70. The molecule has 0 atom stereocenters. The predicted octanol–water partition coefficient (Wildman–Crippen LogP) is 2.25. The van der Waals surface area contributed by atoms with E-state index in [9.17, 15) is 5.11 Å². The number of rotatable bonds is 4. The number of oxime groups is 2. The van der Waals surface area contributed by atoms with Gasteiger partial charge in [-0.2, -0.15) is 0 Å². The number of nitrogens with zero attached hydrogens (tertiary/aromatic N) is 2. The van der Waals surface area contributed by atoms with Crippen molar-refractivity contribution in [3.63, 3.8) is 0 Å². The minimum atomic E-state index is -0.255. The first-order chi connectivity index (χ1) is 8.08. The second-order valence-corrected chi connectivity index (χ2v) is 3.91. The highest BCUT2D eigenvalue weighted by Gasteiger charge is 2.17. The van der Waals surface area contributed by atoms with Gasteiger partial charge in [0.15, 0.2) is 0 Å². The number of aromatic hydroxyl groups is 1. The van der Waals surface area contributed by atoms with Crippen molar-refractivity contribution in [3.05, 3.63) is 29.8 Å². The lowest BCUT2D eigenvalue weighted by Crippen LogP contribution is -2.22. The molecule has 5 heteroatoms. The lowest BCUT2D eigenvalue weighted by molar-refractivity contribution is 0.311. The monoisotopic (exact) mass is 236 g/mol. The van der Waals surface area contributed by atoms with Crippen LogP contribution in [0, 0.1) is 5.92 Å². The topological polar surface area (TPSA) is 85.4 Å². The summed E-state index contributed by atoms with van der Waals surface area (Å²) < 4.78 is 0. The zero-order chi connectivity index (χ0) is 12.8. The fourth-order valence-corrected chi connectivity index (χ4v) is 1.60. The van der Waals surface area contributed by atoms with E-state index in [1.165, 1.54) is 0 Å². The molecular weight excluding hydrogens is 220 g/mol. The molecule has 1 aromatic carbocycles. The molecule has 1 aromatic rings. The Balaban J connectivity index is 2.91. The molecule has 0 heterocycles. The number of hydrogen-bond donors (Lipinski definition) is 3. The lowest BCUT2D eigenvalue weighted by atomic mass is 9.91. The van der Waals surface area contributed by atoms with Crippen LogP contribution in [-0.2, 0) is 6.42 Å². The van der Waals surface area contributed by atoms with Crippen molar-refractivity contribution in [1.82, 2.24) is 0 Å². The molecule has 0 amide bonds. The maximum Gasteiger partial charge on any atom is 0.115 e. The van der Waals surface area contributed by atoms with Crippen LogP contribution in [0.1, 0.15) is 19.4 Å². The summed E-state index contributed by atoms with van der Waals surface area (Å²) in [5.74, 6) is -0.0556. The van der Waals surface area contributed by atoms with E-state index in [-0.39, 0.29) is 11.7 Å². The Hall–Kier alpha value is -2.04. The quantitative estimate of drug-likeness (QED) is 0.426. The molecule has 3 N–H and O–H groups in total. The van der Waals surface area contributed by atoms with E-state index in [2.05, 4.69) is 10.3 Å². The second-order valence-electron chi connectivity index (χ2n) is 3.91. The van der Waals surface area contributed by atoms with E-state index in [0.29, 0.717) is 17.8 Å². The molecule has 0 aromatic heterocycles. The van der Waals surface area contributed by atoms with Crippen LogP contribution in [0.5, 0.6) is 5.75 Å². The van der Waals surface area contributed by atoms with Crippen LogP contribution in [0.4, 0.5) is 0 Å². The van der Waals surface area contributed by atoms with Crippen molar-refractivity contribution in [2.75, 3.05) is 0 Å². The molecule has 1 rings (SSSR count). The smallest absolute Gasteiger partial charge is 0.115 e. The van der Waals surface area contributed by atoms with Crippen LogP contribution in [-0.4, -0.2) is 26.9 Å². The zero-order valence-electron chi connectivity index (χ0n) is 9.83. The second kappa shape index (κ2) is 5.89. The Bertz CT molecular complexity index is 406. The molecule has 92 valence electrons. The molecule has 0 aliphatic rings. The number of hydrogen-bond acceptors (Lipinski definition) is 5. The van der Waals surface area contributed by atoms with Gasteiger partial charge in [0.1, 0.15) is 5.75 Å². The van der Waals surface area contributed by atoms with Crippen LogP contribution in [0.15, 0.2) is 34.6 Å². The molecule has 5 nitrogen and oxygen atoms in total. The normalized spacial score (nSPS) is 14.7. The highest BCUT2D eigenvalue weighted by atomic mass is 16.4. The van der Waals surface area contributed by atoms with E-state index < -0.39 is 0 Å². The Morgan fingerprint density at radius 2 is 1.53 bits per heavy atom. The summed E-state index contributed by atoms with van der Waals surface area (Å²) in [5.41, 5.74) is 1.92. The fraction of sp³-hybridized carbons (Fsp3) is 0.333. The standard InChI is InChI=1S/C12H16N2O3/c1-8(13-16)12(9(2)14-17)7-10-3-5-11(15)6-4-10/h3-6,12,15-17H,7H2,1-2H3/b13-8-,14-9-. The van der Waals surface area contributed by atoms with Crippen molar-refractivity contribution in [3.8, 4) is 5.75 Å². The van der Waals surface area contributed by atoms with Crippen LogP contribution in [0.2, 0.25) is 0 Å². The van der Waals surface area contributed by atoms with E-state index in [1.807, 2.05) is 0 Å². The molecule has 0 unspecified atom stereocenters.